The first-order valence-corrected chi connectivity index (χ1v) is 8.33. The zero-order valence-corrected chi connectivity index (χ0v) is 14.1. The number of hydrogen-bond acceptors (Lipinski definition) is 5. The van der Waals surface area contributed by atoms with Gasteiger partial charge in [0.05, 0.1) is 17.9 Å². The first kappa shape index (κ1) is 18.7. The van der Waals surface area contributed by atoms with Gasteiger partial charge in [-0.15, -0.1) is 12.4 Å². The lowest BCUT2D eigenvalue weighted by Crippen LogP contribution is -2.36. The molecule has 8 heteroatoms. The molecule has 122 valence electrons. The molecule has 2 heterocycles. The zero-order valence-electron chi connectivity index (χ0n) is 12.4. The van der Waals surface area contributed by atoms with Crippen LogP contribution in [0.4, 0.5) is 11.5 Å². The molecule has 1 saturated heterocycles. The van der Waals surface area contributed by atoms with Crippen molar-refractivity contribution in [2.45, 2.75) is 25.3 Å². The Morgan fingerprint density at radius 3 is 2.86 bits per heavy atom. The van der Waals surface area contributed by atoms with Gasteiger partial charge in [-0.3, -0.25) is 9.59 Å². The van der Waals surface area contributed by atoms with Gasteiger partial charge in [0, 0.05) is 13.0 Å². The third kappa shape index (κ3) is 4.86. The van der Waals surface area contributed by atoms with Crippen LogP contribution in [0, 0.1) is 0 Å². The topological polar surface area (TPSA) is 88.3 Å². The summed E-state index contributed by atoms with van der Waals surface area (Å²) in [6, 6.07) is 2.96. The summed E-state index contributed by atoms with van der Waals surface area (Å²) < 4.78 is 0. The fourth-order valence-electron chi connectivity index (χ4n) is 2.14. The van der Waals surface area contributed by atoms with Crippen molar-refractivity contribution in [3.63, 3.8) is 0 Å². The first-order chi connectivity index (χ1) is 10.1. The van der Waals surface area contributed by atoms with E-state index >= 15 is 0 Å². The SMILES string of the molecule is CSCCC(N)C(=O)Nc1ccc(N2CCCC2=O)cn1.Cl. The lowest BCUT2D eigenvalue weighted by atomic mass is 10.2. The van der Waals surface area contributed by atoms with E-state index in [4.69, 9.17) is 5.73 Å². The Morgan fingerprint density at radius 2 is 2.32 bits per heavy atom. The monoisotopic (exact) mass is 344 g/mol. The van der Waals surface area contributed by atoms with Crippen LogP contribution in [0.5, 0.6) is 0 Å². The molecule has 2 rings (SSSR count). The van der Waals surface area contributed by atoms with Crippen LogP contribution in [-0.2, 0) is 9.59 Å². The maximum absolute atomic E-state index is 11.9. The van der Waals surface area contributed by atoms with Crippen LogP contribution < -0.4 is 16.0 Å². The average molecular weight is 345 g/mol. The van der Waals surface area contributed by atoms with E-state index in [-0.39, 0.29) is 24.2 Å². The molecular formula is C14H21ClN4O2S. The molecule has 0 aliphatic carbocycles. The van der Waals surface area contributed by atoms with Crippen molar-refractivity contribution in [1.82, 2.24) is 4.98 Å². The highest BCUT2D eigenvalue weighted by atomic mass is 35.5. The Hall–Kier alpha value is -1.31. The molecule has 6 nitrogen and oxygen atoms in total. The summed E-state index contributed by atoms with van der Waals surface area (Å²) in [4.78, 5) is 29.4. The predicted octanol–water partition coefficient (Wildman–Crippen LogP) is 1.65. The predicted molar refractivity (Wildman–Crippen MR) is 92.7 cm³/mol. The number of anilines is 2. The van der Waals surface area contributed by atoms with Crippen LogP contribution >= 0.6 is 24.2 Å². The Kier molecular flexibility index (Phi) is 7.64. The number of nitrogens with one attached hydrogen (secondary N) is 1. The van der Waals surface area contributed by atoms with Crippen molar-refractivity contribution in [2.24, 2.45) is 5.73 Å². The summed E-state index contributed by atoms with van der Waals surface area (Å²) in [6.45, 7) is 0.728. The van der Waals surface area contributed by atoms with E-state index in [1.807, 2.05) is 6.26 Å². The van der Waals surface area contributed by atoms with Crippen LogP contribution in [0.3, 0.4) is 0 Å². The Labute approximate surface area is 140 Å². The van der Waals surface area contributed by atoms with E-state index < -0.39 is 6.04 Å². The Bertz CT molecular complexity index is 512. The summed E-state index contributed by atoms with van der Waals surface area (Å²) in [5.41, 5.74) is 6.56. The average Bonchev–Trinajstić information content (AvgIpc) is 2.91. The molecule has 0 bridgehead atoms. The maximum Gasteiger partial charge on any atom is 0.242 e. The number of hydrogen-bond donors (Lipinski definition) is 2. The highest BCUT2D eigenvalue weighted by molar-refractivity contribution is 7.98. The van der Waals surface area contributed by atoms with Crippen LogP contribution in [-0.4, -0.2) is 41.4 Å². The molecule has 0 saturated carbocycles. The van der Waals surface area contributed by atoms with Gasteiger partial charge in [-0.1, -0.05) is 0 Å². The lowest BCUT2D eigenvalue weighted by molar-refractivity contribution is -0.118. The van der Waals surface area contributed by atoms with E-state index in [1.165, 1.54) is 0 Å². The standard InChI is InChI=1S/C14H20N4O2S.ClH/c1-21-8-6-11(15)14(20)17-12-5-4-10(9-16-12)18-7-2-3-13(18)19;/h4-5,9,11H,2-3,6-8,15H2,1H3,(H,16,17,20);1H. The van der Waals surface area contributed by atoms with Crippen molar-refractivity contribution < 1.29 is 9.59 Å². The van der Waals surface area contributed by atoms with Crippen LogP contribution in [0.2, 0.25) is 0 Å². The molecule has 1 aromatic heterocycles. The fourth-order valence-corrected chi connectivity index (χ4v) is 2.63. The van der Waals surface area contributed by atoms with Gasteiger partial charge in [-0.2, -0.15) is 11.8 Å². The molecule has 0 radical (unpaired) electrons. The van der Waals surface area contributed by atoms with Crippen molar-refractivity contribution in [3.8, 4) is 0 Å². The second-order valence-electron chi connectivity index (χ2n) is 4.93. The van der Waals surface area contributed by atoms with Crippen LogP contribution in [0.25, 0.3) is 0 Å². The Morgan fingerprint density at radius 1 is 1.55 bits per heavy atom. The molecule has 0 spiro atoms. The van der Waals surface area contributed by atoms with Gasteiger partial charge in [0.25, 0.3) is 0 Å². The minimum Gasteiger partial charge on any atom is -0.320 e. The van der Waals surface area contributed by atoms with E-state index in [1.54, 1.807) is 35.0 Å². The normalized spacial score (nSPS) is 15.4. The molecular weight excluding hydrogens is 324 g/mol. The van der Waals surface area contributed by atoms with Crippen LogP contribution in [0.15, 0.2) is 18.3 Å². The van der Waals surface area contributed by atoms with Crippen molar-refractivity contribution >= 4 is 47.5 Å². The van der Waals surface area contributed by atoms with Gasteiger partial charge in [-0.05, 0) is 37.0 Å². The number of rotatable bonds is 6. The largest absolute Gasteiger partial charge is 0.320 e. The van der Waals surface area contributed by atoms with Gasteiger partial charge >= 0.3 is 0 Å². The highest BCUT2D eigenvalue weighted by Crippen LogP contribution is 2.21. The quantitative estimate of drug-likeness (QED) is 0.819. The van der Waals surface area contributed by atoms with E-state index in [0.29, 0.717) is 18.7 Å². The molecule has 1 aliphatic rings. The van der Waals surface area contributed by atoms with E-state index in [9.17, 15) is 9.59 Å². The van der Waals surface area contributed by atoms with Crippen molar-refractivity contribution in [1.29, 1.82) is 0 Å². The second-order valence-corrected chi connectivity index (χ2v) is 5.91. The number of carbonyl (C=O) groups excluding carboxylic acids is 2. The number of thioether (sulfide) groups is 1. The highest BCUT2D eigenvalue weighted by Gasteiger charge is 2.22. The molecule has 22 heavy (non-hydrogen) atoms. The minimum absolute atomic E-state index is 0. The molecule has 1 fully saturated rings. The number of pyridine rings is 1. The summed E-state index contributed by atoms with van der Waals surface area (Å²) in [5, 5.41) is 2.69. The van der Waals surface area contributed by atoms with E-state index in [0.717, 1.165) is 24.4 Å². The van der Waals surface area contributed by atoms with Gasteiger partial charge < -0.3 is 16.0 Å². The third-order valence-electron chi connectivity index (χ3n) is 3.35. The van der Waals surface area contributed by atoms with Gasteiger partial charge in [0.2, 0.25) is 11.8 Å². The number of carbonyl (C=O) groups is 2. The van der Waals surface area contributed by atoms with Gasteiger partial charge in [0.15, 0.2) is 0 Å². The first-order valence-electron chi connectivity index (χ1n) is 6.93. The molecule has 1 aromatic rings. The fraction of sp³-hybridized carbons (Fsp3) is 0.500. The Balaban J connectivity index is 0.00000242. The molecule has 0 aromatic carbocycles. The van der Waals surface area contributed by atoms with Crippen molar-refractivity contribution in [2.75, 3.05) is 28.8 Å². The molecule has 3 N–H and O–H groups in total. The number of nitrogens with two attached hydrogens (primary N) is 1. The molecule has 2 amide bonds. The molecule has 1 unspecified atom stereocenters. The van der Waals surface area contributed by atoms with Gasteiger partial charge in [0.1, 0.15) is 5.82 Å². The summed E-state index contributed by atoms with van der Waals surface area (Å²) in [5.74, 6) is 1.18. The smallest absolute Gasteiger partial charge is 0.242 e. The summed E-state index contributed by atoms with van der Waals surface area (Å²) in [7, 11) is 0. The zero-order chi connectivity index (χ0) is 15.2. The summed E-state index contributed by atoms with van der Waals surface area (Å²) >= 11 is 1.66. The van der Waals surface area contributed by atoms with Crippen molar-refractivity contribution in [3.05, 3.63) is 18.3 Å². The van der Waals surface area contributed by atoms with E-state index in [2.05, 4.69) is 10.3 Å². The lowest BCUT2D eigenvalue weighted by Gasteiger charge is -2.16. The molecule has 1 aliphatic heterocycles. The third-order valence-corrected chi connectivity index (χ3v) is 4.00. The number of aromatic nitrogens is 1. The minimum atomic E-state index is -0.529. The number of halogens is 1. The number of amides is 2. The maximum atomic E-state index is 11.9. The van der Waals surface area contributed by atoms with Crippen LogP contribution in [0.1, 0.15) is 19.3 Å². The summed E-state index contributed by atoms with van der Waals surface area (Å²) in [6.07, 6.45) is 5.68. The number of nitrogens with zero attached hydrogens (tertiary/aromatic N) is 2. The second kappa shape index (κ2) is 8.97. The van der Waals surface area contributed by atoms with Gasteiger partial charge in [-0.25, -0.2) is 4.98 Å². The molecule has 1 atom stereocenters.